The van der Waals surface area contributed by atoms with Gasteiger partial charge in [0.2, 0.25) is 0 Å². The van der Waals surface area contributed by atoms with Crippen molar-refractivity contribution in [3.05, 3.63) is 46.8 Å². The molecule has 1 aromatic heterocycles. The van der Waals surface area contributed by atoms with Crippen LogP contribution in [0.4, 0.5) is 4.39 Å². The zero-order valence-electron chi connectivity index (χ0n) is 14.3. The molecule has 1 heterocycles. The fraction of sp³-hybridized carbons (Fsp3) is 0.438. The van der Waals surface area contributed by atoms with Crippen LogP contribution in [0, 0.1) is 5.82 Å². The molecule has 25 heavy (non-hydrogen) atoms. The molecule has 1 aromatic carbocycles. The summed E-state index contributed by atoms with van der Waals surface area (Å²) in [6.45, 7) is 0.577. The average Bonchev–Trinajstić information content (AvgIpc) is 3.18. The highest BCUT2D eigenvalue weighted by molar-refractivity contribution is 14.0. The third-order valence-electron chi connectivity index (χ3n) is 4.23. The molecule has 0 spiro atoms. The molecular weight excluding hydrogens is 458 g/mol. The van der Waals surface area contributed by atoms with E-state index in [1.807, 2.05) is 19.0 Å². The third kappa shape index (κ3) is 4.41. The molecule has 1 saturated carbocycles. The topological polar surface area (TPSA) is 58.3 Å². The SMILES string of the molecule is CN=C(NC1CC1c1c(F)cccc1Cl)N(C)Cc1ncnn1C.I. The zero-order valence-corrected chi connectivity index (χ0v) is 17.4. The van der Waals surface area contributed by atoms with Gasteiger partial charge in [-0.3, -0.25) is 9.67 Å². The van der Waals surface area contributed by atoms with Gasteiger partial charge in [0.05, 0.1) is 6.54 Å². The van der Waals surface area contributed by atoms with Gasteiger partial charge >= 0.3 is 0 Å². The van der Waals surface area contributed by atoms with Crippen molar-refractivity contribution >= 4 is 41.5 Å². The monoisotopic (exact) mass is 478 g/mol. The lowest BCUT2D eigenvalue weighted by molar-refractivity contribution is 0.447. The van der Waals surface area contributed by atoms with Crippen LogP contribution in [0.25, 0.3) is 0 Å². The van der Waals surface area contributed by atoms with E-state index < -0.39 is 0 Å². The lowest BCUT2D eigenvalue weighted by Gasteiger charge is -2.21. The van der Waals surface area contributed by atoms with Crippen molar-refractivity contribution in [2.45, 2.75) is 24.9 Å². The number of guanidine groups is 1. The van der Waals surface area contributed by atoms with Gasteiger partial charge in [-0.1, -0.05) is 17.7 Å². The first-order valence-electron chi connectivity index (χ1n) is 7.72. The molecule has 9 heteroatoms. The Bertz CT molecular complexity index is 745. The lowest BCUT2D eigenvalue weighted by Crippen LogP contribution is -2.40. The molecule has 2 aromatic rings. The van der Waals surface area contributed by atoms with Crippen molar-refractivity contribution in [1.29, 1.82) is 0 Å². The smallest absolute Gasteiger partial charge is 0.194 e. The van der Waals surface area contributed by atoms with Gasteiger partial charge in [-0.15, -0.1) is 24.0 Å². The Labute approximate surface area is 168 Å². The summed E-state index contributed by atoms with van der Waals surface area (Å²) in [6.07, 6.45) is 2.36. The second kappa shape index (κ2) is 8.31. The lowest BCUT2D eigenvalue weighted by atomic mass is 10.1. The second-order valence-electron chi connectivity index (χ2n) is 5.93. The Morgan fingerprint density at radius 1 is 1.52 bits per heavy atom. The van der Waals surface area contributed by atoms with Crippen LogP contribution in [0.5, 0.6) is 0 Å². The quantitative estimate of drug-likeness (QED) is 0.417. The van der Waals surface area contributed by atoms with E-state index in [1.165, 1.54) is 12.4 Å². The highest BCUT2D eigenvalue weighted by Gasteiger charge is 2.42. The Morgan fingerprint density at radius 2 is 2.28 bits per heavy atom. The summed E-state index contributed by atoms with van der Waals surface area (Å²) in [5.41, 5.74) is 0.586. The van der Waals surface area contributed by atoms with E-state index in [4.69, 9.17) is 11.6 Å². The summed E-state index contributed by atoms with van der Waals surface area (Å²) in [7, 11) is 5.50. The fourth-order valence-electron chi connectivity index (χ4n) is 2.80. The van der Waals surface area contributed by atoms with Crippen LogP contribution in [0.2, 0.25) is 5.02 Å². The van der Waals surface area contributed by atoms with Gasteiger partial charge in [0.25, 0.3) is 0 Å². The minimum absolute atomic E-state index is 0. The van der Waals surface area contributed by atoms with E-state index in [0.29, 0.717) is 17.1 Å². The number of hydrogen-bond acceptors (Lipinski definition) is 3. The van der Waals surface area contributed by atoms with E-state index in [0.717, 1.165) is 18.2 Å². The predicted octanol–water partition coefficient (Wildman–Crippen LogP) is 2.79. The van der Waals surface area contributed by atoms with Crippen molar-refractivity contribution in [2.75, 3.05) is 14.1 Å². The summed E-state index contributed by atoms with van der Waals surface area (Å²) in [6, 6.07) is 4.93. The molecule has 2 unspecified atom stereocenters. The minimum Gasteiger partial charge on any atom is -0.353 e. The van der Waals surface area contributed by atoms with Gasteiger partial charge < -0.3 is 10.2 Å². The van der Waals surface area contributed by atoms with Gasteiger partial charge in [-0.2, -0.15) is 5.10 Å². The molecule has 0 bridgehead atoms. The van der Waals surface area contributed by atoms with Crippen LogP contribution in [0.15, 0.2) is 29.5 Å². The number of rotatable bonds is 4. The molecule has 3 rings (SSSR count). The van der Waals surface area contributed by atoms with Crippen LogP contribution in [0.3, 0.4) is 0 Å². The molecule has 6 nitrogen and oxygen atoms in total. The largest absolute Gasteiger partial charge is 0.353 e. The molecule has 136 valence electrons. The minimum atomic E-state index is -0.251. The van der Waals surface area contributed by atoms with Gasteiger partial charge in [0.1, 0.15) is 18.0 Å². The summed E-state index contributed by atoms with van der Waals surface area (Å²) in [5.74, 6) is 1.39. The first kappa shape index (κ1) is 19.9. The van der Waals surface area contributed by atoms with Crippen LogP contribution in [-0.4, -0.2) is 45.8 Å². The Morgan fingerprint density at radius 3 is 2.88 bits per heavy atom. The van der Waals surface area contributed by atoms with Crippen molar-refractivity contribution in [2.24, 2.45) is 12.0 Å². The summed E-state index contributed by atoms with van der Waals surface area (Å²) in [5, 5.41) is 7.91. The number of aryl methyl sites for hydroxylation is 1. The van der Waals surface area contributed by atoms with Gasteiger partial charge in [0, 0.05) is 43.7 Å². The highest BCUT2D eigenvalue weighted by atomic mass is 127. The Hall–Kier alpha value is -1.42. The van der Waals surface area contributed by atoms with Crippen molar-refractivity contribution in [1.82, 2.24) is 25.0 Å². The Kier molecular flexibility index (Phi) is 6.61. The molecule has 0 saturated heterocycles. The maximum atomic E-state index is 14.0. The number of aromatic nitrogens is 3. The average molecular weight is 479 g/mol. The van der Waals surface area contributed by atoms with E-state index in [1.54, 1.807) is 23.9 Å². The van der Waals surface area contributed by atoms with Crippen LogP contribution in [0.1, 0.15) is 23.7 Å². The standard InChI is InChI=1S/C16H20ClFN6.HI/c1-19-16(23(2)8-14-20-9-21-24(14)3)22-13-7-10(13)15-11(17)5-4-6-12(15)18;/h4-6,9-10,13H,7-8H2,1-3H3,(H,19,22);1H. The number of aliphatic imine (C=N–C) groups is 1. The highest BCUT2D eigenvalue weighted by Crippen LogP contribution is 2.44. The summed E-state index contributed by atoms with van der Waals surface area (Å²) >= 11 is 6.15. The molecule has 1 aliphatic rings. The fourth-order valence-corrected chi connectivity index (χ4v) is 3.10. The van der Waals surface area contributed by atoms with Crippen molar-refractivity contribution < 1.29 is 4.39 Å². The predicted molar refractivity (Wildman–Crippen MR) is 107 cm³/mol. The maximum Gasteiger partial charge on any atom is 0.194 e. The number of hydrogen-bond donors (Lipinski definition) is 1. The number of nitrogens with one attached hydrogen (secondary N) is 1. The molecule has 2 atom stereocenters. The van der Waals surface area contributed by atoms with Crippen molar-refractivity contribution in [3.8, 4) is 0 Å². The molecule has 1 aliphatic carbocycles. The molecule has 0 aliphatic heterocycles. The summed E-state index contributed by atoms with van der Waals surface area (Å²) < 4.78 is 15.7. The number of halogens is 3. The number of nitrogens with zero attached hydrogens (tertiary/aromatic N) is 5. The molecule has 0 amide bonds. The van der Waals surface area contributed by atoms with Crippen LogP contribution in [-0.2, 0) is 13.6 Å². The van der Waals surface area contributed by atoms with Gasteiger partial charge in [0.15, 0.2) is 5.96 Å². The van der Waals surface area contributed by atoms with Gasteiger partial charge in [-0.25, -0.2) is 9.37 Å². The van der Waals surface area contributed by atoms with E-state index in [2.05, 4.69) is 20.4 Å². The zero-order chi connectivity index (χ0) is 17.3. The summed E-state index contributed by atoms with van der Waals surface area (Å²) in [4.78, 5) is 10.5. The second-order valence-corrected chi connectivity index (χ2v) is 6.34. The van der Waals surface area contributed by atoms with Gasteiger partial charge in [-0.05, 0) is 18.6 Å². The molecular formula is C16H21ClFIN6. The Balaban J connectivity index is 0.00000225. The first-order chi connectivity index (χ1) is 11.5. The van der Waals surface area contributed by atoms with Crippen molar-refractivity contribution in [3.63, 3.8) is 0 Å². The van der Waals surface area contributed by atoms with E-state index >= 15 is 0 Å². The molecule has 0 radical (unpaired) electrons. The maximum absolute atomic E-state index is 14.0. The number of benzene rings is 1. The molecule has 1 N–H and O–H groups in total. The van der Waals surface area contributed by atoms with E-state index in [9.17, 15) is 4.39 Å². The first-order valence-corrected chi connectivity index (χ1v) is 8.10. The van der Waals surface area contributed by atoms with E-state index in [-0.39, 0.29) is 41.8 Å². The van der Waals surface area contributed by atoms with Crippen LogP contribution < -0.4 is 5.32 Å². The normalized spacial score (nSPS) is 19.3. The van der Waals surface area contributed by atoms with Crippen LogP contribution >= 0.6 is 35.6 Å². The molecule has 1 fully saturated rings. The third-order valence-corrected chi connectivity index (χ3v) is 4.56.